The highest BCUT2D eigenvalue weighted by molar-refractivity contribution is 7.99. The van der Waals surface area contributed by atoms with E-state index in [1.165, 1.54) is 58.6 Å². The molecule has 0 bridgehead atoms. The van der Waals surface area contributed by atoms with Crippen molar-refractivity contribution in [3.05, 3.63) is 170 Å². The highest BCUT2D eigenvalue weighted by Gasteiger charge is 2.28. The van der Waals surface area contributed by atoms with Crippen LogP contribution in [0.5, 0.6) is 0 Å². The summed E-state index contributed by atoms with van der Waals surface area (Å²) in [6.07, 6.45) is 0. The lowest BCUT2D eigenvalue weighted by molar-refractivity contribution is 1.03. The molecule has 0 saturated carbocycles. The Hall–Kier alpha value is -6.47. The lowest BCUT2D eigenvalue weighted by Gasteiger charge is -2.21. The van der Waals surface area contributed by atoms with Gasteiger partial charge in [0.25, 0.3) is 0 Å². The fourth-order valence-electron chi connectivity index (χ4n) is 8.35. The number of aromatic nitrogens is 4. The third-order valence-corrected chi connectivity index (χ3v) is 13.0. The van der Waals surface area contributed by atoms with Crippen LogP contribution in [0.1, 0.15) is 0 Å². The summed E-state index contributed by atoms with van der Waals surface area (Å²) in [6, 6.07) is 60.9. The average Bonchev–Trinajstić information content (AvgIpc) is 3.90. The lowest BCUT2D eigenvalue weighted by atomic mass is 10.0. The molecule has 11 aromatic rings. The molecule has 12 rings (SSSR count). The molecule has 4 nitrogen and oxygen atoms in total. The number of hydrogen-bond acceptors (Lipinski definition) is 4. The second-order valence-corrected chi connectivity index (χ2v) is 15.9. The summed E-state index contributed by atoms with van der Waals surface area (Å²) in [6.45, 7) is 0. The third-order valence-electron chi connectivity index (χ3n) is 10.7. The number of hydrogen-bond donors (Lipinski definition) is 0. The molecule has 1 aliphatic heterocycles. The molecule has 1 aliphatic rings. The highest BCUT2D eigenvalue weighted by atomic mass is 32.2. The van der Waals surface area contributed by atoms with Crippen LogP contribution in [0.25, 0.3) is 98.3 Å². The molecule has 0 spiro atoms. The number of nitrogens with zero attached hydrogens (tertiary/aromatic N) is 4. The molecule has 4 aromatic heterocycles. The molecule has 0 unspecified atom stereocenters. The molecule has 0 saturated heterocycles. The van der Waals surface area contributed by atoms with Gasteiger partial charge in [0.2, 0.25) is 0 Å². The van der Waals surface area contributed by atoms with E-state index in [9.17, 15) is 0 Å². The number of fused-ring (bicyclic) bond motifs is 10. The number of para-hydroxylation sites is 3. The fourth-order valence-corrected chi connectivity index (χ4v) is 10.6. The Labute approximate surface area is 318 Å². The van der Waals surface area contributed by atoms with Crippen LogP contribution in [-0.2, 0) is 0 Å². The molecule has 0 amide bonds. The van der Waals surface area contributed by atoms with Crippen molar-refractivity contribution >= 4 is 76.2 Å². The maximum absolute atomic E-state index is 5.44. The maximum atomic E-state index is 5.44. The summed E-state index contributed by atoms with van der Waals surface area (Å²) >= 11 is 3.62. The van der Waals surface area contributed by atoms with Gasteiger partial charge in [0, 0.05) is 52.9 Å². The van der Waals surface area contributed by atoms with Crippen molar-refractivity contribution < 1.29 is 0 Å². The lowest BCUT2D eigenvalue weighted by Crippen LogP contribution is -2.05. The van der Waals surface area contributed by atoms with Gasteiger partial charge in [-0.25, -0.2) is 9.97 Å². The van der Waals surface area contributed by atoms with E-state index in [0.717, 1.165) is 49.5 Å². The van der Waals surface area contributed by atoms with Crippen molar-refractivity contribution in [1.29, 1.82) is 0 Å². The van der Waals surface area contributed by atoms with E-state index >= 15 is 0 Å². The van der Waals surface area contributed by atoms with Crippen molar-refractivity contribution in [2.75, 3.05) is 0 Å². The molecule has 5 heterocycles. The van der Waals surface area contributed by atoms with Crippen molar-refractivity contribution in [3.8, 4) is 45.1 Å². The fraction of sp³-hybridized carbons (Fsp3) is 0. The SMILES string of the molecule is c1ccc(-c2cccc(-c3nc(-c4ccc5c(c4)c4c6cccc7c6n(c4n5-c4ccccc4)-c4ccccc4S7)nc4c3sc3ccccc34)c2)cc1. The van der Waals surface area contributed by atoms with Crippen molar-refractivity contribution in [1.82, 2.24) is 19.1 Å². The van der Waals surface area contributed by atoms with E-state index < -0.39 is 0 Å². The van der Waals surface area contributed by atoms with Crippen molar-refractivity contribution in [3.63, 3.8) is 0 Å². The summed E-state index contributed by atoms with van der Waals surface area (Å²) in [5.41, 5.74) is 12.3. The maximum Gasteiger partial charge on any atom is 0.160 e. The normalized spacial score (nSPS) is 12.4. The van der Waals surface area contributed by atoms with E-state index in [-0.39, 0.29) is 0 Å². The van der Waals surface area contributed by atoms with Gasteiger partial charge in [0.05, 0.1) is 32.6 Å². The second-order valence-electron chi connectivity index (χ2n) is 13.8. The zero-order valence-electron chi connectivity index (χ0n) is 28.8. The molecule has 7 aromatic carbocycles. The quantitative estimate of drug-likeness (QED) is 0.181. The Bertz CT molecular complexity index is 3300. The monoisotopic (exact) mass is 724 g/mol. The molecule has 0 N–H and O–H groups in total. The van der Waals surface area contributed by atoms with E-state index in [2.05, 4.69) is 179 Å². The van der Waals surface area contributed by atoms with Crippen LogP contribution in [0.4, 0.5) is 0 Å². The van der Waals surface area contributed by atoms with Gasteiger partial charge in [-0.3, -0.25) is 9.13 Å². The second kappa shape index (κ2) is 11.5. The van der Waals surface area contributed by atoms with Crippen LogP contribution in [-0.4, -0.2) is 19.1 Å². The molecular formula is C48H28N4S2. The number of benzene rings is 7. The molecule has 0 aliphatic carbocycles. The van der Waals surface area contributed by atoms with Crippen LogP contribution in [0.2, 0.25) is 0 Å². The van der Waals surface area contributed by atoms with Crippen LogP contribution in [0, 0.1) is 0 Å². The Balaban J connectivity index is 1.16. The summed E-state index contributed by atoms with van der Waals surface area (Å²) in [7, 11) is 0. The van der Waals surface area contributed by atoms with Crippen LogP contribution >= 0.6 is 23.1 Å². The standard InChI is InChI=1S/C48H28N4S2/c1-3-13-29(14-4-1)30-15-11-16-31(27-30)43-46-44(34-19-7-9-22-39(34)54-46)50-47(49-43)32-25-26-37-36(28-32)42-35-20-12-24-41-45(35)52(38-21-8-10-23-40(38)53-41)48(42)51(37)33-17-5-2-6-18-33/h1-28H. The Morgan fingerprint density at radius 3 is 2.11 bits per heavy atom. The summed E-state index contributed by atoms with van der Waals surface area (Å²) < 4.78 is 7.23. The van der Waals surface area contributed by atoms with Crippen LogP contribution < -0.4 is 0 Å². The molecule has 0 fully saturated rings. The minimum absolute atomic E-state index is 0.725. The number of thiophene rings is 1. The first-order valence-electron chi connectivity index (χ1n) is 18.1. The highest BCUT2D eigenvalue weighted by Crippen LogP contribution is 2.50. The van der Waals surface area contributed by atoms with E-state index in [0.29, 0.717) is 0 Å². The predicted molar refractivity (Wildman–Crippen MR) is 227 cm³/mol. The van der Waals surface area contributed by atoms with Gasteiger partial charge in [0.1, 0.15) is 5.65 Å². The van der Waals surface area contributed by atoms with E-state index in [1.54, 1.807) is 11.3 Å². The first-order valence-corrected chi connectivity index (χ1v) is 19.7. The molecule has 0 atom stereocenters. The van der Waals surface area contributed by atoms with Gasteiger partial charge in [-0.2, -0.15) is 0 Å². The van der Waals surface area contributed by atoms with E-state index in [4.69, 9.17) is 9.97 Å². The van der Waals surface area contributed by atoms with Gasteiger partial charge < -0.3 is 0 Å². The largest absolute Gasteiger partial charge is 0.295 e. The number of rotatable bonds is 4. The summed E-state index contributed by atoms with van der Waals surface area (Å²) in [5, 5.41) is 4.83. The molecule has 252 valence electrons. The predicted octanol–water partition coefficient (Wildman–Crippen LogP) is 13.4. The minimum Gasteiger partial charge on any atom is -0.295 e. The zero-order valence-corrected chi connectivity index (χ0v) is 30.4. The third kappa shape index (κ3) is 4.32. The van der Waals surface area contributed by atoms with E-state index in [1.807, 2.05) is 11.8 Å². The molecule has 54 heavy (non-hydrogen) atoms. The zero-order chi connectivity index (χ0) is 35.3. The van der Waals surface area contributed by atoms with Crippen LogP contribution in [0.15, 0.2) is 180 Å². The minimum atomic E-state index is 0.725. The topological polar surface area (TPSA) is 35.6 Å². The van der Waals surface area contributed by atoms with Gasteiger partial charge in [-0.1, -0.05) is 121 Å². The first kappa shape index (κ1) is 30.0. The van der Waals surface area contributed by atoms with Gasteiger partial charge in [-0.05, 0) is 71.8 Å². The Kier molecular flexibility index (Phi) is 6.40. The summed E-state index contributed by atoms with van der Waals surface area (Å²) in [4.78, 5) is 13.3. The summed E-state index contributed by atoms with van der Waals surface area (Å²) in [5.74, 6) is 0.725. The Morgan fingerprint density at radius 1 is 0.481 bits per heavy atom. The Morgan fingerprint density at radius 2 is 1.20 bits per heavy atom. The van der Waals surface area contributed by atoms with Crippen molar-refractivity contribution in [2.45, 2.75) is 9.79 Å². The average molecular weight is 725 g/mol. The van der Waals surface area contributed by atoms with Crippen molar-refractivity contribution in [2.24, 2.45) is 0 Å². The van der Waals surface area contributed by atoms with Gasteiger partial charge >= 0.3 is 0 Å². The van der Waals surface area contributed by atoms with Crippen LogP contribution in [0.3, 0.4) is 0 Å². The first-order chi connectivity index (χ1) is 26.8. The molecular weight excluding hydrogens is 697 g/mol. The van der Waals surface area contributed by atoms with Gasteiger partial charge in [0.15, 0.2) is 5.82 Å². The van der Waals surface area contributed by atoms with Gasteiger partial charge in [-0.15, -0.1) is 11.3 Å². The smallest absolute Gasteiger partial charge is 0.160 e. The molecule has 6 heteroatoms. The molecule has 0 radical (unpaired) electrons.